The van der Waals surface area contributed by atoms with Crippen LogP contribution in [0, 0.1) is 11.6 Å². The van der Waals surface area contributed by atoms with Gasteiger partial charge in [0.15, 0.2) is 33.1 Å². The van der Waals surface area contributed by atoms with E-state index in [0.29, 0.717) is 13.0 Å². The van der Waals surface area contributed by atoms with Crippen molar-refractivity contribution in [1.82, 2.24) is 4.98 Å². The first kappa shape index (κ1) is 15.0. The van der Waals surface area contributed by atoms with Crippen molar-refractivity contribution in [2.75, 3.05) is 35.3 Å². The lowest BCUT2D eigenvalue weighted by Gasteiger charge is -2.25. The molecule has 1 unspecified atom stereocenters. The molecular formula is C12H17F2N3O2S. The maximum absolute atomic E-state index is 13.8. The third kappa shape index (κ3) is 3.00. The average Bonchev–Trinajstić information content (AvgIpc) is 2.72. The van der Waals surface area contributed by atoms with Gasteiger partial charge in [-0.25, -0.2) is 22.2 Å². The Bertz CT molecular complexity index is 607. The summed E-state index contributed by atoms with van der Waals surface area (Å²) in [5.41, 5.74) is 0. The molecule has 2 heterocycles. The molecule has 1 aliphatic rings. The van der Waals surface area contributed by atoms with Gasteiger partial charge in [0.05, 0.1) is 11.5 Å². The Morgan fingerprint density at radius 3 is 2.70 bits per heavy atom. The van der Waals surface area contributed by atoms with Crippen LogP contribution in [0.2, 0.25) is 0 Å². The smallest absolute Gasteiger partial charge is 0.168 e. The third-order valence-corrected chi connectivity index (χ3v) is 5.10. The van der Waals surface area contributed by atoms with Gasteiger partial charge in [-0.2, -0.15) is 0 Å². The molecule has 0 bridgehead atoms. The lowest BCUT2D eigenvalue weighted by Crippen LogP contribution is -2.34. The van der Waals surface area contributed by atoms with Crippen molar-refractivity contribution in [1.29, 1.82) is 0 Å². The standard InChI is InChI=1S/C12H17F2N3O2S/c1-3-15-11-9(13)6-10(14)12(16-11)17(2)8-4-5-20(18,19)7-8/h6,8H,3-5,7H2,1-2H3,(H,15,16). The van der Waals surface area contributed by atoms with Gasteiger partial charge in [0.2, 0.25) is 0 Å². The van der Waals surface area contributed by atoms with Gasteiger partial charge < -0.3 is 10.2 Å². The fraction of sp³-hybridized carbons (Fsp3) is 0.583. The van der Waals surface area contributed by atoms with E-state index in [4.69, 9.17) is 0 Å². The molecule has 0 spiro atoms. The van der Waals surface area contributed by atoms with Crippen molar-refractivity contribution < 1.29 is 17.2 Å². The molecule has 1 atom stereocenters. The van der Waals surface area contributed by atoms with Crippen LogP contribution in [0.3, 0.4) is 0 Å². The van der Waals surface area contributed by atoms with Gasteiger partial charge in [0, 0.05) is 25.7 Å². The largest absolute Gasteiger partial charge is 0.368 e. The highest BCUT2D eigenvalue weighted by molar-refractivity contribution is 7.91. The first-order chi connectivity index (χ1) is 9.34. The SMILES string of the molecule is CCNc1nc(N(C)C2CCS(=O)(=O)C2)c(F)cc1F. The number of hydrogen-bond donors (Lipinski definition) is 1. The molecule has 0 radical (unpaired) electrons. The van der Waals surface area contributed by atoms with E-state index in [2.05, 4.69) is 10.3 Å². The number of rotatable bonds is 4. The molecule has 20 heavy (non-hydrogen) atoms. The van der Waals surface area contributed by atoms with E-state index in [0.717, 1.165) is 6.07 Å². The zero-order valence-corrected chi connectivity index (χ0v) is 12.2. The summed E-state index contributed by atoms with van der Waals surface area (Å²) in [4.78, 5) is 5.40. The predicted molar refractivity (Wildman–Crippen MR) is 73.8 cm³/mol. The topological polar surface area (TPSA) is 62.3 Å². The van der Waals surface area contributed by atoms with Gasteiger partial charge in [-0.05, 0) is 13.3 Å². The van der Waals surface area contributed by atoms with E-state index < -0.39 is 21.5 Å². The van der Waals surface area contributed by atoms with Crippen LogP contribution in [0.15, 0.2) is 6.07 Å². The van der Waals surface area contributed by atoms with Crippen molar-refractivity contribution in [2.24, 2.45) is 0 Å². The minimum Gasteiger partial charge on any atom is -0.368 e. The summed E-state index contributed by atoms with van der Waals surface area (Å²) in [6, 6.07) is 0.433. The Morgan fingerprint density at radius 2 is 2.15 bits per heavy atom. The average molecular weight is 305 g/mol. The Balaban J connectivity index is 2.30. The second-order valence-electron chi connectivity index (χ2n) is 4.82. The maximum atomic E-state index is 13.8. The van der Waals surface area contributed by atoms with Crippen LogP contribution in [0.5, 0.6) is 0 Å². The number of nitrogens with one attached hydrogen (secondary N) is 1. The summed E-state index contributed by atoms with van der Waals surface area (Å²) in [7, 11) is -1.50. The fourth-order valence-corrected chi connectivity index (χ4v) is 4.02. The Morgan fingerprint density at radius 1 is 1.45 bits per heavy atom. The highest BCUT2D eigenvalue weighted by Crippen LogP contribution is 2.26. The second-order valence-corrected chi connectivity index (χ2v) is 7.05. The highest BCUT2D eigenvalue weighted by atomic mass is 32.2. The monoisotopic (exact) mass is 305 g/mol. The summed E-state index contributed by atoms with van der Waals surface area (Å²) >= 11 is 0. The van der Waals surface area contributed by atoms with Gasteiger partial charge >= 0.3 is 0 Å². The van der Waals surface area contributed by atoms with E-state index >= 15 is 0 Å². The summed E-state index contributed by atoms with van der Waals surface area (Å²) in [6.07, 6.45) is 0.424. The van der Waals surface area contributed by atoms with Crippen LogP contribution in [-0.4, -0.2) is 44.5 Å². The van der Waals surface area contributed by atoms with Crippen molar-refractivity contribution in [3.8, 4) is 0 Å². The van der Waals surface area contributed by atoms with Gasteiger partial charge in [0.1, 0.15) is 0 Å². The molecule has 1 saturated heterocycles. The minimum absolute atomic E-state index is 0.0292. The molecule has 1 aliphatic heterocycles. The molecule has 1 aromatic rings. The summed E-state index contributed by atoms with van der Waals surface area (Å²) in [5.74, 6) is -1.57. The van der Waals surface area contributed by atoms with Crippen LogP contribution in [-0.2, 0) is 9.84 Å². The second kappa shape index (κ2) is 5.51. The fourth-order valence-electron chi connectivity index (χ4n) is 2.25. The van der Waals surface area contributed by atoms with E-state index in [1.807, 2.05) is 0 Å². The van der Waals surface area contributed by atoms with Crippen LogP contribution >= 0.6 is 0 Å². The Hall–Kier alpha value is -1.44. The molecule has 1 aromatic heterocycles. The number of halogens is 2. The molecule has 5 nitrogen and oxygen atoms in total. The number of aromatic nitrogens is 1. The number of hydrogen-bond acceptors (Lipinski definition) is 5. The third-order valence-electron chi connectivity index (χ3n) is 3.35. The molecule has 1 N–H and O–H groups in total. The lowest BCUT2D eigenvalue weighted by molar-refractivity contribution is 0.563. The van der Waals surface area contributed by atoms with Crippen LogP contribution in [0.4, 0.5) is 20.4 Å². The van der Waals surface area contributed by atoms with Crippen molar-refractivity contribution in [3.63, 3.8) is 0 Å². The molecule has 0 aromatic carbocycles. The Labute approximate surface area is 116 Å². The van der Waals surface area contributed by atoms with E-state index in [9.17, 15) is 17.2 Å². The van der Waals surface area contributed by atoms with Gasteiger partial charge in [-0.1, -0.05) is 0 Å². The number of anilines is 2. The number of nitrogens with zero attached hydrogens (tertiary/aromatic N) is 2. The van der Waals surface area contributed by atoms with E-state index in [1.165, 1.54) is 4.90 Å². The lowest BCUT2D eigenvalue weighted by atomic mass is 10.2. The molecular weight excluding hydrogens is 288 g/mol. The predicted octanol–water partition coefficient (Wildman–Crippen LogP) is 1.41. The molecule has 8 heteroatoms. The summed E-state index contributed by atoms with van der Waals surface area (Å²) in [5, 5.41) is 2.71. The molecule has 0 aliphatic carbocycles. The number of sulfone groups is 1. The van der Waals surface area contributed by atoms with Crippen LogP contribution < -0.4 is 10.2 Å². The van der Waals surface area contributed by atoms with Crippen LogP contribution in [0.25, 0.3) is 0 Å². The molecule has 1 fully saturated rings. The van der Waals surface area contributed by atoms with Crippen molar-refractivity contribution >= 4 is 21.5 Å². The van der Waals surface area contributed by atoms with E-state index in [1.54, 1.807) is 14.0 Å². The maximum Gasteiger partial charge on any atom is 0.168 e. The summed E-state index contributed by atoms with van der Waals surface area (Å²) in [6.45, 7) is 2.23. The molecule has 2 rings (SSSR count). The zero-order valence-electron chi connectivity index (χ0n) is 11.4. The first-order valence-corrected chi connectivity index (χ1v) is 8.19. The van der Waals surface area contributed by atoms with Gasteiger partial charge in [0.25, 0.3) is 0 Å². The number of pyridine rings is 1. The quantitative estimate of drug-likeness (QED) is 0.911. The van der Waals surface area contributed by atoms with Crippen LogP contribution in [0.1, 0.15) is 13.3 Å². The van der Waals surface area contributed by atoms with Crippen molar-refractivity contribution in [3.05, 3.63) is 17.7 Å². The molecule has 0 amide bonds. The molecule has 0 saturated carbocycles. The normalized spacial score (nSPS) is 20.9. The minimum atomic E-state index is -3.07. The van der Waals surface area contributed by atoms with Gasteiger partial charge in [-0.3, -0.25) is 0 Å². The van der Waals surface area contributed by atoms with Crippen molar-refractivity contribution in [2.45, 2.75) is 19.4 Å². The van der Waals surface area contributed by atoms with E-state index in [-0.39, 0.29) is 29.2 Å². The Kier molecular flexibility index (Phi) is 4.12. The molecule has 112 valence electrons. The first-order valence-electron chi connectivity index (χ1n) is 6.37. The zero-order chi connectivity index (χ0) is 14.9. The summed E-state index contributed by atoms with van der Waals surface area (Å²) < 4.78 is 50.3. The highest BCUT2D eigenvalue weighted by Gasteiger charge is 2.32. The van der Waals surface area contributed by atoms with Gasteiger partial charge in [-0.15, -0.1) is 0 Å².